The first-order chi connectivity index (χ1) is 9.08. The van der Waals surface area contributed by atoms with Crippen LogP contribution in [0.15, 0.2) is 35.1 Å². The number of hydrogen-bond donors (Lipinski definition) is 2. The van der Waals surface area contributed by atoms with Crippen molar-refractivity contribution in [2.75, 3.05) is 25.5 Å². The topological polar surface area (TPSA) is 48.1 Å². The summed E-state index contributed by atoms with van der Waals surface area (Å²) in [6, 6.07) is 10.1. The van der Waals surface area contributed by atoms with Gasteiger partial charge in [0.15, 0.2) is 0 Å². The first kappa shape index (κ1) is 13.6. The van der Waals surface area contributed by atoms with Gasteiger partial charge in [-0.1, -0.05) is 18.2 Å². The number of benzene rings is 1. The Labute approximate surface area is 113 Å². The fourth-order valence-corrected chi connectivity index (χ4v) is 1.93. The van der Waals surface area contributed by atoms with E-state index in [2.05, 4.69) is 36.1 Å². The minimum Gasteiger partial charge on any atom is -0.370 e. The Morgan fingerprint density at radius 1 is 1.32 bits per heavy atom. The highest BCUT2D eigenvalue weighted by molar-refractivity contribution is 5.83. The van der Waals surface area contributed by atoms with E-state index in [0.717, 1.165) is 29.7 Å². The summed E-state index contributed by atoms with van der Waals surface area (Å²) in [6.07, 6.45) is 0. The molecule has 0 amide bonds. The van der Waals surface area contributed by atoms with Gasteiger partial charge in [0, 0.05) is 24.5 Å². The van der Waals surface area contributed by atoms with E-state index >= 15 is 0 Å². The average molecular weight is 259 g/mol. The summed E-state index contributed by atoms with van der Waals surface area (Å²) in [7, 11) is 2.09. The number of anilines is 1. The average Bonchev–Trinajstić information content (AvgIpc) is 2.38. The van der Waals surface area contributed by atoms with Crippen molar-refractivity contribution in [2.24, 2.45) is 0 Å². The lowest BCUT2D eigenvalue weighted by atomic mass is 10.2. The van der Waals surface area contributed by atoms with Crippen molar-refractivity contribution in [1.29, 1.82) is 0 Å². The van der Waals surface area contributed by atoms with Gasteiger partial charge in [0.2, 0.25) is 0 Å². The molecule has 2 N–H and O–H groups in total. The number of H-pyrrole nitrogens is 1. The summed E-state index contributed by atoms with van der Waals surface area (Å²) in [4.78, 5) is 17.0. The minimum atomic E-state index is -0.0437. The van der Waals surface area contributed by atoms with Gasteiger partial charge in [-0.15, -0.1) is 0 Å². The summed E-state index contributed by atoms with van der Waals surface area (Å²) >= 11 is 0. The third kappa shape index (κ3) is 3.35. The van der Waals surface area contributed by atoms with Gasteiger partial charge in [0.25, 0.3) is 5.56 Å². The largest absolute Gasteiger partial charge is 0.370 e. The Hall–Kier alpha value is -1.81. The van der Waals surface area contributed by atoms with Crippen molar-refractivity contribution in [2.45, 2.75) is 19.9 Å². The standard InChI is InChI=1S/C15H21N3O/c1-11(2)18(3)9-8-16-14-10-12-6-4-5-7-13(12)15(19)17-14/h4-7,10-11H,8-9H2,1-3H3,(H2,16,17,19). The van der Waals surface area contributed by atoms with E-state index in [9.17, 15) is 4.79 Å². The number of nitrogens with one attached hydrogen (secondary N) is 2. The lowest BCUT2D eigenvalue weighted by Gasteiger charge is -2.21. The van der Waals surface area contributed by atoms with E-state index < -0.39 is 0 Å². The smallest absolute Gasteiger partial charge is 0.257 e. The van der Waals surface area contributed by atoms with Crippen LogP contribution < -0.4 is 10.9 Å². The predicted molar refractivity (Wildman–Crippen MR) is 80.8 cm³/mol. The summed E-state index contributed by atoms with van der Waals surface area (Å²) in [5.74, 6) is 0.779. The van der Waals surface area contributed by atoms with Crippen LogP contribution in [0.1, 0.15) is 13.8 Å². The van der Waals surface area contributed by atoms with Crippen LogP contribution in [0.3, 0.4) is 0 Å². The molecule has 2 rings (SSSR count). The van der Waals surface area contributed by atoms with Gasteiger partial charge in [-0.25, -0.2) is 0 Å². The number of fused-ring (bicyclic) bond motifs is 1. The molecule has 0 spiro atoms. The number of likely N-dealkylation sites (N-methyl/N-ethyl adjacent to an activating group) is 1. The van der Waals surface area contributed by atoms with Crippen LogP contribution in [0.4, 0.5) is 5.82 Å². The van der Waals surface area contributed by atoms with E-state index in [-0.39, 0.29) is 5.56 Å². The number of hydrogen-bond acceptors (Lipinski definition) is 3. The number of rotatable bonds is 5. The Morgan fingerprint density at radius 3 is 2.79 bits per heavy atom. The zero-order chi connectivity index (χ0) is 13.8. The zero-order valence-corrected chi connectivity index (χ0v) is 11.7. The molecular weight excluding hydrogens is 238 g/mol. The molecule has 4 nitrogen and oxygen atoms in total. The molecule has 4 heteroatoms. The quantitative estimate of drug-likeness (QED) is 0.866. The summed E-state index contributed by atoms with van der Waals surface area (Å²) in [5, 5.41) is 4.96. The monoisotopic (exact) mass is 259 g/mol. The molecule has 0 saturated heterocycles. The molecule has 1 heterocycles. The Morgan fingerprint density at radius 2 is 2.05 bits per heavy atom. The third-order valence-corrected chi connectivity index (χ3v) is 3.41. The van der Waals surface area contributed by atoms with Gasteiger partial charge in [-0.05, 0) is 38.4 Å². The van der Waals surface area contributed by atoms with Crippen LogP contribution in [0, 0.1) is 0 Å². The fourth-order valence-electron chi connectivity index (χ4n) is 1.93. The number of pyridine rings is 1. The second kappa shape index (κ2) is 5.89. The van der Waals surface area contributed by atoms with E-state index in [1.54, 1.807) is 0 Å². The molecular formula is C15H21N3O. The lowest BCUT2D eigenvalue weighted by molar-refractivity contribution is 0.284. The summed E-state index contributed by atoms with van der Waals surface area (Å²) in [5.41, 5.74) is -0.0437. The molecule has 19 heavy (non-hydrogen) atoms. The number of aromatic amines is 1. The van der Waals surface area contributed by atoms with Crippen molar-refractivity contribution in [1.82, 2.24) is 9.88 Å². The number of nitrogens with zero attached hydrogens (tertiary/aromatic N) is 1. The molecule has 102 valence electrons. The third-order valence-electron chi connectivity index (χ3n) is 3.41. The van der Waals surface area contributed by atoms with E-state index in [4.69, 9.17) is 0 Å². The van der Waals surface area contributed by atoms with Gasteiger partial charge in [-0.3, -0.25) is 4.79 Å². The van der Waals surface area contributed by atoms with Crippen LogP contribution in [-0.4, -0.2) is 36.1 Å². The maximum Gasteiger partial charge on any atom is 0.257 e. The van der Waals surface area contributed by atoms with E-state index in [1.807, 2.05) is 30.3 Å². The highest BCUT2D eigenvalue weighted by atomic mass is 16.1. The molecule has 1 aromatic carbocycles. The molecule has 1 aromatic heterocycles. The van der Waals surface area contributed by atoms with E-state index in [1.165, 1.54) is 0 Å². The molecule has 0 saturated carbocycles. The second-order valence-electron chi connectivity index (χ2n) is 5.10. The van der Waals surface area contributed by atoms with Crippen LogP contribution in [-0.2, 0) is 0 Å². The van der Waals surface area contributed by atoms with Crippen molar-refractivity contribution in [3.05, 3.63) is 40.7 Å². The van der Waals surface area contributed by atoms with Crippen molar-refractivity contribution < 1.29 is 0 Å². The van der Waals surface area contributed by atoms with Crippen molar-refractivity contribution >= 4 is 16.6 Å². The van der Waals surface area contributed by atoms with Gasteiger partial charge < -0.3 is 15.2 Å². The zero-order valence-electron chi connectivity index (χ0n) is 11.7. The fraction of sp³-hybridized carbons (Fsp3) is 0.400. The highest BCUT2D eigenvalue weighted by Crippen LogP contribution is 2.12. The molecule has 0 aliphatic rings. The van der Waals surface area contributed by atoms with Crippen molar-refractivity contribution in [3.8, 4) is 0 Å². The molecule has 0 unspecified atom stereocenters. The minimum absolute atomic E-state index is 0.0437. The molecule has 2 aromatic rings. The molecule has 0 radical (unpaired) electrons. The molecule has 0 atom stereocenters. The highest BCUT2D eigenvalue weighted by Gasteiger charge is 2.03. The Bertz CT molecular complexity index is 604. The second-order valence-corrected chi connectivity index (χ2v) is 5.10. The molecule has 0 fully saturated rings. The van der Waals surface area contributed by atoms with Crippen molar-refractivity contribution in [3.63, 3.8) is 0 Å². The normalized spacial score (nSPS) is 11.4. The first-order valence-corrected chi connectivity index (χ1v) is 6.64. The van der Waals surface area contributed by atoms with E-state index in [0.29, 0.717) is 6.04 Å². The maximum absolute atomic E-state index is 11.9. The maximum atomic E-state index is 11.9. The Kier molecular flexibility index (Phi) is 4.22. The number of aromatic nitrogens is 1. The Balaban J connectivity index is 2.08. The van der Waals surface area contributed by atoms with Crippen LogP contribution in [0.25, 0.3) is 10.8 Å². The first-order valence-electron chi connectivity index (χ1n) is 6.64. The SMILES string of the molecule is CC(C)N(C)CCNc1cc2ccccc2c(=O)[nH]1. The summed E-state index contributed by atoms with van der Waals surface area (Å²) < 4.78 is 0. The van der Waals surface area contributed by atoms with Gasteiger partial charge in [0.05, 0.1) is 0 Å². The molecule has 0 aliphatic heterocycles. The lowest BCUT2D eigenvalue weighted by Crippen LogP contribution is -2.31. The van der Waals surface area contributed by atoms with Gasteiger partial charge in [-0.2, -0.15) is 0 Å². The van der Waals surface area contributed by atoms with Crippen LogP contribution >= 0.6 is 0 Å². The van der Waals surface area contributed by atoms with Crippen LogP contribution in [0.5, 0.6) is 0 Å². The van der Waals surface area contributed by atoms with Gasteiger partial charge in [0.1, 0.15) is 5.82 Å². The summed E-state index contributed by atoms with van der Waals surface area (Å²) in [6.45, 7) is 6.07. The molecule has 0 bridgehead atoms. The van der Waals surface area contributed by atoms with Crippen LogP contribution in [0.2, 0.25) is 0 Å². The van der Waals surface area contributed by atoms with Gasteiger partial charge >= 0.3 is 0 Å². The predicted octanol–water partition coefficient (Wildman–Crippen LogP) is 2.28. The molecule has 0 aliphatic carbocycles.